The zero-order chi connectivity index (χ0) is 14.8. The first-order chi connectivity index (χ1) is 10.1. The molecule has 0 bridgehead atoms. The van der Waals surface area contributed by atoms with Crippen molar-refractivity contribution in [2.75, 3.05) is 44.3 Å². The molecule has 2 heterocycles. The molecule has 1 aromatic carbocycles. The molecule has 21 heavy (non-hydrogen) atoms. The van der Waals surface area contributed by atoms with Gasteiger partial charge in [0.1, 0.15) is 0 Å². The zero-order valence-corrected chi connectivity index (χ0v) is 14.1. The van der Waals surface area contributed by atoms with E-state index in [4.69, 9.17) is 4.74 Å². The summed E-state index contributed by atoms with van der Waals surface area (Å²) in [5, 5.41) is 9.66. The molecule has 0 aromatic heterocycles. The largest absolute Gasteiger partial charge is 0.389 e. The molecule has 3 rings (SSSR count). The first-order valence-corrected chi connectivity index (χ1v) is 8.48. The summed E-state index contributed by atoms with van der Waals surface area (Å²) in [5.41, 5.74) is 2.18. The van der Waals surface area contributed by atoms with Crippen LogP contribution in [0.25, 0.3) is 0 Å². The second-order valence-corrected chi connectivity index (χ2v) is 6.78. The highest BCUT2D eigenvalue weighted by atomic mass is 79.9. The Kier molecular flexibility index (Phi) is 4.84. The third-order valence-corrected chi connectivity index (χ3v) is 5.16. The van der Waals surface area contributed by atoms with E-state index in [0.29, 0.717) is 6.04 Å². The van der Waals surface area contributed by atoms with E-state index in [1.165, 1.54) is 12.1 Å². The Hall–Kier alpha value is -0.620. The molecular formula is C16H23BrN2O2. The van der Waals surface area contributed by atoms with Crippen LogP contribution in [0.5, 0.6) is 0 Å². The van der Waals surface area contributed by atoms with Gasteiger partial charge in [-0.15, -0.1) is 0 Å². The average molecular weight is 355 g/mol. The van der Waals surface area contributed by atoms with E-state index in [1.54, 1.807) is 6.92 Å². The van der Waals surface area contributed by atoms with Crippen molar-refractivity contribution in [2.24, 2.45) is 0 Å². The van der Waals surface area contributed by atoms with Gasteiger partial charge in [-0.25, -0.2) is 0 Å². The van der Waals surface area contributed by atoms with Crippen LogP contribution in [0.15, 0.2) is 22.7 Å². The van der Waals surface area contributed by atoms with Crippen molar-refractivity contribution in [2.45, 2.75) is 25.5 Å². The van der Waals surface area contributed by atoms with Crippen LogP contribution in [0.4, 0.5) is 5.69 Å². The molecule has 0 amide bonds. The van der Waals surface area contributed by atoms with Crippen LogP contribution in [0.3, 0.4) is 0 Å². The molecule has 2 aliphatic rings. The number of rotatable bonds is 3. The van der Waals surface area contributed by atoms with Crippen LogP contribution in [-0.2, 0) is 4.74 Å². The van der Waals surface area contributed by atoms with Crippen molar-refractivity contribution in [1.29, 1.82) is 0 Å². The number of halogens is 1. The molecule has 1 unspecified atom stereocenters. The van der Waals surface area contributed by atoms with Gasteiger partial charge >= 0.3 is 0 Å². The number of aliphatic hydroxyl groups excluding tert-OH is 1. The van der Waals surface area contributed by atoms with Crippen LogP contribution in [0.1, 0.15) is 25.0 Å². The lowest BCUT2D eigenvalue weighted by atomic mass is 10.1. The molecule has 116 valence electrons. The van der Waals surface area contributed by atoms with E-state index in [2.05, 4.69) is 31.8 Å². The SMILES string of the molecule is C[C@H](O)c1ccc(N2CCC(N3CCOCC3)C2)c(Br)c1. The van der Waals surface area contributed by atoms with Crippen molar-refractivity contribution in [3.63, 3.8) is 0 Å². The summed E-state index contributed by atoms with van der Waals surface area (Å²) in [6, 6.07) is 6.81. The molecule has 2 atom stereocenters. The first-order valence-electron chi connectivity index (χ1n) is 7.69. The summed E-state index contributed by atoms with van der Waals surface area (Å²) in [6.45, 7) is 7.81. The van der Waals surface area contributed by atoms with Gasteiger partial charge in [0.2, 0.25) is 0 Å². The maximum absolute atomic E-state index is 9.66. The highest BCUT2D eigenvalue weighted by Gasteiger charge is 2.29. The Labute approximate surface area is 134 Å². The Morgan fingerprint density at radius 3 is 2.71 bits per heavy atom. The van der Waals surface area contributed by atoms with Gasteiger partial charge in [-0.1, -0.05) is 6.07 Å². The summed E-state index contributed by atoms with van der Waals surface area (Å²) < 4.78 is 6.51. The van der Waals surface area contributed by atoms with Crippen LogP contribution in [0.2, 0.25) is 0 Å². The van der Waals surface area contributed by atoms with Gasteiger partial charge in [-0.2, -0.15) is 0 Å². The van der Waals surface area contributed by atoms with E-state index in [-0.39, 0.29) is 0 Å². The molecule has 5 heteroatoms. The van der Waals surface area contributed by atoms with Crippen LogP contribution >= 0.6 is 15.9 Å². The Morgan fingerprint density at radius 2 is 2.05 bits per heavy atom. The first kappa shape index (κ1) is 15.3. The number of hydrogen-bond donors (Lipinski definition) is 1. The fourth-order valence-electron chi connectivity index (χ4n) is 3.24. The molecule has 1 N–H and O–H groups in total. The monoisotopic (exact) mass is 354 g/mol. The summed E-state index contributed by atoms with van der Waals surface area (Å²) in [4.78, 5) is 5.00. The normalized spacial score (nSPS) is 25.3. The number of aliphatic hydroxyl groups is 1. The highest BCUT2D eigenvalue weighted by Crippen LogP contribution is 2.32. The lowest BCUT2D eigenvalue weighted by molar-refractivity contribution is 0.0209. The molecule has 0 saturated carbocycles. The molecule has 0 aliphatic carbocycles. The second kappa shape index (κ2) is 6.65. The topological polar surface area (TPSA) is 35.9 Å². The van der Waals surface area contributed by atoms with Crippen molar-refractivity contribution in [1.82, 2.24) is 4.90 Å². The van der Waals surface area contributed by atoms with Crippen molar-refractivity contribution < 1.29 is 9.84 Å². The van der Waals surface area contributed by atoms with Gasteiger partial charge in [0.05, 0.1) is 25.0 Å². The minimum Gasteiger partial charge on any atom is -0.389 e. The minimum absolute atomic E-state index is 0.421. The number of morpholine rings is 1. The quantitative estimate of drug-likeness (QED) is 0.904. The molecular weight excluding hydrogens is 332 g/mol. The molecule has 1 aromatic rings. The standard InChI is InChI=1S/C16H23BrN2O2/c1-12(20)13-2-3-16(15(17)10-13)19-5-4-14(11-19)18-6-8-21-9-7-18/h2-3,10,12,14,20H,4-9,11H2,1H3/t12-,14?/m0/s1. The summed E-state index contributed by atoms with van der Waals surface area (Å²) in [6.07, 6.45) is 0.792. The second-order valence-electron chi connectivity index (χ2n) is 5.92. The maximum atomic E-state index is 9.66. The minimum atomic E-state index is -0.421. The third kappa shape index (κ3) is 3.42. The molecule has 2 aliphatic heterocycles. The fraction of sp³-hybridized carbons (Fsp3) is 0.625. The third-order valence-electron chi connectivity index (χ3n) is 4.52. The lowest BCUT2D eigenvalue weighted by Gasteiger charge is -2.32. The lowest BCUT2D eigenvalue weighted by Crippen LogP contribution is -2.44. The predicted octanol–water partition coefficient (Wildman–Crippen LogP) is 2.41. The Bertz CT molecular complexity index is 489. The molecule has 2 saturated heterocycles. The summed E-state index contributed by atoms with van der Waals surface area (Å²) in [5.74, 6) is 0. The molecule has 4 nitrogen and oxygen atoms in total. The van der Waals surface area contributed by atoms with Crippen LogP contribution in [-0.4, -0.2) is 55.4 Å². The Balaban J connectivity index is 1.68. The van der Waals surface area contributed by atoms with Crippen LogP contribution in [0, 0.1) is 0 Å². The summed E-state index contributed by atoms with van der Waals surface area (Å²) >= 11 is 3.66. The number of ether oxygens (including phenoxy) is 1. The van der Waals surface area contributed by atoms with E-state index < -0.39 is 6.10 Å². The van der Waals surface area contributed by atoms with Crippen molar-refractivity contribution >= 4 is 21.6 Å². The van der Waals surface area contributed by atoms with Gasteiger partial charge in [-0.3, -0.25) is 4.90 Å². The predicted molar refractivity (Wildman–Crippen MR) is 87.8 cm³/mol. The van der Waals surface area contributed by atoms with Crippen LogP contribution < -0.4 is 4.90 Å². The molecule has 0 spiro atoms. The number of hydrogen-bond acceptors (Lipinski definition) is 4. The van der Waals surface area contributed by atoms with Gasteiger partial charge in [0.15, 0.2) is 0 Å². The zero-order valence-electron chi connectivity index (χ0n) is 12.5. The highest BCUT2D eigenvalue weighted by molar-refractivity contribution is 9.10. The molecule has 2 fully saturated rings. The van der Waals surface area contributed by atoms with Gasteiger partial charge in [0, 0.05) is 36.7 Å². The van der Waals surface area contributed by atoms with Crippen molar-refractivity contribution in [3.05, 3.63) is 28.2 Å². The van der Waals surface area contributed by atoms with Gasteiger partial charge in [-0.05, 0) is 47.0 Å². The fourth-order valence-corrected chi connectivity index (χ4v) is 3.89. The maximum Gasteiger partial charge on any atom is 0.0762 e. The number of benzene rings is 1. The van der Waals surface area contributed by atoms with Gasteiger partial charge in [0.25, 0.3) is 0 Å². The smallest absolute Gasteiger partial charge is 0.0762 e. The number of nitrogens with zero attached hydrogens (tertiary/aromatic N) is 2. The van der Waals surface area contributed by atoms with E-state index >= 15 is 0 Å². The van der Waals surface area contributed by atoms with E-state index in [1.807, 2.05) is 12.1 Å². The Morgan fingerprint density at radius 1 is 1.29 bits per heavy atom. The molecule has 0 radical (unpaired) electrons. The van der Waals surface area contributed by atoms with Gasteiger partial charge < -0.3 is 14.7 Å². The van der Waals surface area contributed by atoms with E-state index in [9.17, 15) is 5.11 Å². The number of anilines is 1. The average Bonchev–Trinajstić information content (AvgIpc) is 2.97. The van der Waals surface area contributed by atoms with E-state index in [0.717, 1.165) is 49.4 Å². The van der Waals surface area contributed by atoms with Crippen molar-refractivity contribution in [3.8, 4) is 0 Å². The summed E-state index contributed by atoms with van der Waals surface area (Å²) in [7, 11) is 0.